The molecule has 4 nitrogen and oxygen atoms in total. The normalized spacial score (nSPS) is 12.1. The molecule has 0 aromatic rings. The predicted octanol–water partition coefficient (Wildman–Crippen LogP) is 0.270. The van der Waals surface area contributed by atoms with Crippen molar-refractivity contribution in [2.24, 2.45) is 5.92 Å². The van der Waals surface area contributed by atoms with Crippen molar-refractivity contribution in [2.45, 2.75) is 13.3 Å². The van der Waals surface area contributed by atoms with Crippen molar-refractivity contribution in [2.75, 3.05) is 6.61 Å². The Kier molecular flexibility index (Phi) is 4.28. The topological polar surface area (TPSA) is 63.6 Å². The molecule has 0 aliphatic rings. The van der Waals surface area contributed by atoms with Crippen LogP contribution in [0.4, 0.5) is 0 Å². The van der Waals surface area contributed by atoms with E-state index in [2.05, 4.69) is 4.74 Å². The Morgan fingerprint density at radius 2 is 2.40 bits per heavy atom. The van der Waals surface area contributed by atoms with Gasteiger partial charge in [0.05, 0.1) is 12.5 Å². The Hall–Kier alpha value is -1.06. The molecule has 0 saturated carbocycles. The van der Waals surface area contributed by atoms with Gasteiger partial charge in [0.2, 0.25) is 0 Å². The van der Waals surface area contributed by atoms with Gasteiger partial charge in [0.1, 0.15) is 0 Å². The molecule has 58 valence electrons. The molecule has 10 heavy (non-hydrogen) atoms. The summed E-state index contributed by atoms with van der Waals surface area (Å²) in [6, 6.07) is 0. The van der Waals surface area contributed by atoms with Gasteiger partial charge in [-0.05, 0) is 6.42 Å². The van der Waals surface area contributed by atoms with Crippen LogP contribution in [0.3, 0.4) is 0 Å². The molecule has 0 spiro atoms. The molecule has 0 rings (SSSR count). The van der Waals surface area contributed by atoms with Crippen molar-refractivity contribution in [3.05, 3.63) is 0 Å². The molecular weight excluding hydrogens is 136 g/mol. The Morgan fingerprint density at radius 1 is 1.80 bits per heavy atom. The molecule has 0 fully saturated rings. The third kappa shape index (κ3) is 3.88. The molecule has 0 aliphatic heterocycles. The van der Waals surface area contributed by atoms with Crippen LogP contribution in [0.2, 0.25) is 0 Å². The molecule has 0 saturated heterocycles. The van der Waals surface area contributed by atoms with Crippen molar-refractivity contribution in [3.8, 4) is 0 Å². The van der Waals surface area contributed by atoms with E-state index in [9.17, 15) is 9.59 Å². The maximum absolute atomic E-state index is 10.1. The maximum Gasteiger partial charge on any atom is 0.306 e. The van der Waals surface area contributed by atoms with E-state index in [1.165, 1.54) is 0 Å². The first kappa shape index (κ1) is 8.94. The summed E-state index contributed by atoms with van der Waals surface area (Å²) in [7, 11) is 0. The number of carbonyl (C=O) groups excluding carboxylic acids is 1. The first-order valence-electron chi connectivity index (χ1n) is 2.96. The van der Waals surface area contributed by atoms with Gasteiger partial charge in [-0.25, -0.2) is 0 Å². The summed E-state index contributed by atoms with van der Waals surface area (Å²) in [5.41, 5.74) is 0. The molecule has 0 radical (unpaired) electrons. The lowest BCUT2D eigenvalue weighted by Gasteiger charge is -2.02. The van der Waals surface area contributed by atoms with Crippen molar-refractivity contribution in [1.82, 2.24) is 0 Å². The van der Waals surface area contributed by atoms with Crippen LogP contribution >= 0.6 is 0 Å². The van der Waals surface area contributed by atoms with Crippen LogP contribution in [0, 0.1) is 5.92 Å². The van der Waals surface area contributed by atoms with E-state index in [0.717, 1.165) is 0 Å². The smallest absolute Gasteiger partial charge is 0.306 e. The molecule has 0 bridgehead atoms. The zero-order valence-corrected chi connectivity index (χ0v) is 5.74. The Bertz CT molecular complexity index is 121. The quantitative estimate of drug-likeness (QED) is 0.446. The van der Waals surface area contributed by atoms with Crippen molar-refractivity contribution in [3.63, 3.8) is 0 Å². The molecule has 1 N–H and O–H groups in total. The highest BCUT2D eigenvalue weighted by Crippen LogP contribution is 2.00. The van der Waals surface area contributed by atoms with Gasteiger partial charge in [0, 0.05) is 0 Å². The van der Waals surface area contributed by atoms with Crippen LogP contribution in [0.25, 0.3) is 0 Å². The maximum atomic E-state index is 10.1. The number of ether oxygens (including phenoxy) is 1. The van der Waals surface area contributed by atoms with E-state index in [4.69, 9.17) is 5.11 Å². The van der Waals surface area contributed by atoms with Gasteiger partial charge in [-0.1, -0.05) is 6.92 Å². The Balaban J connectivity index is 3.30. The lowest BCUT2D eigenvalue weighted by molar-refractivity contribution is -0.142. The van der Waals surface area contributed by atoms with Crippen molar-refractivity contribution < 1.29 is 19.4 Å². The number of carboxylic acid groups (broad SMARTS) is 1. The second-order valence-corrected chi connectivity index (χ2v) is 1.99. The van der Waals surface area contributed by atoms with Gasteiger partial charge in [0.25, 0.3) is 6.47 Å². The molecule has 1 unspecified atom stereocenters. The average molecular weight is 146 g/mol. The molecule has 0 aliphatic carbocycles. The largest absolute Gasteiger partial charge is 0.481 e. The summed E-state index contributed by atoms with van der Waals surface area (Å²) in [6.45, 7) is 2.06. The monoisotopic (exact) mass is 146 g/mol. The number of rotatable bonds is 5. The second kappa shape index (κ2) is 4.78. The van der Waals surface area contributed by atoms with E-state index in [1.807, 2.05) is 0 Å². The summed E-state index contributed by atoms with van der Waals surface area (Å²) in [6.07, 6.45) is 0.369. The highest BCUT2D eigenvalue weighted by molar-refractivity contribution is 5.69. The lowest BCUT2D eigenvalue weighted by Crippen LogP contribution is -2.11. The summed E-state index contributed by atoms with van der Waals surface area (Å²) < 4.78 is 4.31. The fraction of sp³-hybridized carbons (Fsp3) is 0.667. The average Bonchev–Trinajstić information content (AvgIpc) is 1.88. The number of hydrogen-bond donors (Lipinski definition) is 1. The minimum absolute atomic E-state index is 0.178. The molecule has 1 atom stereocenters. The highest BCUT2D eigenvalue weighted by atomic mass is 16.5. The standard InChI is InChI=1S/C6H10O4/c1-5(6(8)9)2-3-10-4-7/h4-5H,2-3H2,1H3,(H,8,9). The zero-order chi connectivity index (χ0) is 7.98. The Labute approximate surface area is 58.8 Å². The summed E-state index contributed by atoms with van der Waals surface area (Å²) in [5.74, 6) is -1.31. The van der Waals surface area contributed by atoms with Crippen LogP contribution in [0.15, 0.2) is 0 Å². The lowest BCUT2D eigenvalue weighted by atomic mass is 10.1. The third-order valence-electron chi connectivity index (χ3n) is 1.16. The highest BCUT2D eigenvalue weighted by Gasteiger charge is 2.09. The SMILES string of the molecule is CC(CCOC=O)C(=O)O. The van der Waals surface area contributed by atoms with Crippen LogP contribution in [0.5, 0.6) is 0 Å². The summed E-state index contributed by atoms with van der Waals surface area (Å²) >= 11 is 0. The van der Waals surface area contributed by atoms with Crippen LogP contribution < -0.4 is 0 Å². The first-order valence-corrected chi connectivity index (χ1v) is 2.96. The van der Waals surface area contributed by atoms with Gasteiger partial charge in [-0.15, -0.1) is 0 Å². The van der Waals surface area contributed by atoms with Crippen molar-refractivity contribution >= 4 is 12.4 Å². The predicted molar refractivity (Wildman–Crippen MR) is 33.4 cm³/mol. The zero-order valence-electron chi connectivity index (χ0n) is 5.74. The van der Waals surface area contributed by atoms with Gasteiger partial charge in [-0.3, -0.25) is 9.59 Å². The van der Waals surface area contributed by atoms with E-state index >= 15 is 0 Å². The molecule has 0 aromatic carbocycles. The van der Waals surface area contributed by atoms with Gasteiger partial charge in [-0.2, -0.15) is 0 Å². The van der Waals surface area contributed by atoms with E-state index < -0.39 is 11.9 Å². The fourth-order valence-corrected chi connectivity index (χ4v) is 0.416. The van der Waals surface area contributed by atoms with E-state index in [0.29, 0.717) is 12.9 Å². The van der Waals surface area contributed by atoms with E-state index in [1.54, 1.807) is 6.92 Å². The molecule has 4 heteroatoms. The molecular formula is C6H10O4. The van der Waals surface area contributed by atoms with Crippen LogP contribution in [-0.2, 0) is 14.3 Å². The molecule has 0 heterocycles. The van der Waals surface area contributed by atoms with Gasteiger partial charge >= 0.3 is 5.97 Å². The van der Waals surface area contributed by atoms with Gasteiger partial charge in [0.15, 0.2) is 0 Å². The minimum Gasteiger partial charge on any atom is -0.481 e. The fourth-order valence-electron chi connectivity index (χ4n) is 0.416. The van der Waals surface area contributed by atoms with E-state index in [-0.39, 0.29) is 6.61 Å². The first-order chi connectivity index (χ1) is 4.68. The van der Waals surface area contributed by atoms with Gasteiger partial charge < -0.3 is 9.84 Å². The number of carboxylic acids is 1. The second-order valence-electron chi connectivity index (χ2n) is 1.99. The Morgan fingerprint density at radius 3 is 2.80 bits per heavy atom. The summed E-state index contributed by atoms with van der Waals surface area (Å²) in [5, 5.41) is 8.34. The number of aliphatic carboxylic acids is 1. The van der Waals surface area contributed by atoms with Crippen LogP contribution in [-0.4, -0.2) is 24.2 Å². The number of carbonyl (C=O) groups is 2. The minimum atomic E-state index is -0.866. The van der Waals surface area contributed by atoms with Crippen molar-refractivity contribution in [1.29, 1.82) is 0 Å². The number of hydrogen-bond acceptors (Lipinski definition) is 3. The molecule has 0 amide bonds. The third-order valence-corrected chi connectivity index (χ3v) is 1.16. The van der Waals surface area contributed by atoms with Crippen LogP contribution in [0.1, 0.15) is 13.3 Å². The summed E-state index contributed by atoms with van der Waals surface area (Å²) in [4.78, 5) is 19.7. The molecule has 0 aromatic heterocycles.